The fourth-order valence-corrected chi connectivity index (χ4v) is 3.63. The molecule has 0 aliphatic heterocycles. The van der Waals surface area contributed by atoms with Crippen LogP contribution in [0.5, 0.6) is 0 Å². The summed E-state index contributed by atoms with van der Waals surface area (Å²) < 4.78 is 4.92. The van der Waals surface area contributed by atoms with E-state index in [-0.39, 0.29) is 18.0 Å². The van der Waals surface area contributed by atoms with Gasteiger partial charge in [-0.2, -0.15) is 0 Å². The Balaban J connectivity index is 1.56. The number of carbonyl (C=O) groups excluding carboxylic acids is 1. The van der Waals surface area contributed by atoms with Crippen LogP contribution in [0.4, 0.5) is 4.79 Å². The molecule has 6 nitrogen and oxygen atoms in total. The predicted molar refractivity (Wildman–Crippen MR) is 69.8 cm³/mol. The summed E-state index contributed by atoms with van der Waals surface area (Å²) in [5.41, 5.74) is 0.878. The van der Waals surface area contributed by atoms with Crippen molar-refractivity contribution < 1.29 is 19.1 Å². The highest BCUT2D eigenvalue weighted by atomic mass is 16.4. The third kappa shape index (κ3) is 2.37. The summed E-state index contributed by atoms with van der Waals surface area (Å²) in [6, 6.07) is 1.23. The standard InChI is InChI=1S/C14H18N2O4/c17-13(18)11-9-1-2-10(5-9)12(11)16-14(19)15-6-8-3-4-20-7-8/h3-4,7,9-12H,1-2,5-6H2,(H,17,18)(H2,15,16,19). The maximum Gasteiger partial charge on any atom is 0.315 e. The minimum absolute atomic E-state index is 0.219. The van der Waals surface area contributed by atoms with E-state index in [1.54, 1.807) is 18.6 Å². The largest absolute Gasteiger partial charge is 0.481 e. The van der Waals surface area contributed by atoms with Crippen molar-refractivity contribution in [2.75, 3.05) is 0 Å². The Morgan fingerprint density at radius 2 is 2.15 bits per heavy atom. The Kier molecular flexibility index (Phi) is 3.38. The Labute approximate surface area is 116 Å². The van der Waals surface area contributed by atoms with E-state index < -0.39 is 11.9 Å². The molecule has 4 unspecified atom stereocenters. The molecule has 1 heterocycles. The van der Waals surface area contributed by atoms with Gasteiger partial charge >= 0.3 is 12.0 Å². The van der Waals surface area contributed by atoms with Gasteiger partial charge in [0.05, 0.1) is 18.4 Å². The minimum Gasteiger partial charge on any atom is -0.481 e. The summed E-state index contributed by atoms with van der Waals surface area (Å²) in [5.74, 6) is -0.705. The molecule has 6 heteroatoms. The van der Waals surface area contributed by atoms with Crippen molar-refractivity contribution in [3.63, 3.8) is 0 Å². The molecule has 3 rings (SSSR count). The monoisotopic (exact) mass is 278 g/mol. The van der Waals surface area contributed by atoms with Gasteiger partial charge in [-0.05, 0) is 37.2 Å². The van der Waals surface area contributed by atoms with Crippen molar-refractivity contribution in [3.8, 4) is 0 Å². The molecule has 2 saturated carbocycles. The number of nitrogens with one attached hydrogen (secondary N) is 2. The molecule has 2 aliphatic carbocycles. The summed E-state index contributed by atoms with van der Waals surface area (Å²) in [6.07, 6.45) is 6.02. The Hall–Kier alpha value is -1.98. The van der Waals surface area contributed by atoms with Crippen LogP contribution < -0.4 is 10.6 Å². The van der Waals surface area contributed by atoms with Crippen LogP contribution in [0.2, 0.25) is 0 Å². The summed E-state index contributed by atoms with van der Waals surface area (Å²) in [6.45, 7) is 0.376. The number of rotatable bonds is 4. The molecular weight excluding hydrogens is 260 g/mol. The molecule has 0 saturated heterocycles. The first-order valence-electron chi connectivity index (χ1n) is 6.93. The van der Waals surface area contributed by atoms with Gasteiger partial charge in [0.15, 0.2) is 0 Å². The molecule has 2 amide bonds. The lowest BCUT2D eigenvalue weighted by Crippen LogP contribution is -2.50. The average molecular weight is 278 g/mol. The first-order chi connectivity index (χ1) is 9.65. The van der Waals surface area contributed by atoms with Crippen LogP contribution in [0.25, 0.3) is 0 Å². The molecule has 108 valence electrons. The molecule has 2 fully saturated rings. The summed E-state index contributed by atoms with van der Waals surface area (Å²) in [7, 11) is 0. The fraction of sp³-hybridized carbons (Fsp3) is 0.571. The number of carboxylic acids is 1. The van der Waals surface area contributed by atoms with Crippen LogP contribution in [-0.4, -0.2) is 23.1 Å². The molecule has 0 spiro atoms. The second kappa shape index (κ2) is 5.19. The molecule has 2 aliphatic rings. The number of furan rings is 1. The number of carboxylic acid groups (broad SMARTS) is 1. The van der Waals surface area contributed by atoms with Crippen molar-refractivity contribution in [3.05, 3.63) is 24.2 Å². The van der Waals surface area contributed by atoms with E-state index in [9.17, 15) is 14.7 Å². The lowest BCUT2D eigenvalue weighted by molar-refractivity contribution is -0.144. The van der Waals surface area contributed by atoms with E-state index in [4.69, 9.17) is 4.42 Å². The molecule has 1 aromatic rings. The van der Waals surface area contributed by atoms with E-state index in [2.05, 4.69) is 10.6 Å². The highest BCUT2D eigenvalue weighted by molar-refractivity contribution is 5.77. The van der Waals surface area contributed by atoms with Gasteiger partial charge in [0, 0.05) is 18.2 Å². The van der Waals surface area contributed by atoms with Gasteiger partial charge in [0.1, 0.15) is 0 Å². The van der Waals surface area contributed by atoms with Crippen molar-refractivity contribution in [1.29, 1.82) is 0 Å². The quantitative estimate of drug-likeness (QED) is 0.779. The lowest BCUT2D eigenvalue weighted by Gasteiger charge is -2.28. The first kappa shape index (κ1) is 13.0. The van der Waals surface area contributed by atoms with Crippen LogP contribution in [0.3, 0.4) is 0 Å². The number of urea groups is 1. The van der Waals surface area contributed by atoms with Crippen LogP contribution in [-0.2, 0) is 11.3 Å². The number of carbonyl (C=O) groups is 2. The van der Waals surface area contributed by atoms with Gasteiger partial charge in [0.2, 0.25) is 0 Å². The predicted octanol–water partition coefficient (Wildman–Crippen LogP) is 1.58. The van der Waals surface area contributed by atoms with Crippen molar-refractivity contribution in [2.45, 2.75) is 31.8 Å². The molecule has 1 aromatic heterocycles. The Morgan fingerprint density at radius 3 is 2.85 bits per heavy atom. The maximum absolute atomic E-state index is 11.9. The van der Waals surface area contributed by atoms with Gasteiger partial charge in [-0.1, -0.05) is 0 Å². The van der Waals surface area contributed by atoms with Crippen LogP contribution >= 0.6 is 0 Å². The van der Waals surface area contributed by atoms with E-state index in [0.29, 0.717) is 12.5 Å². The SMILES string of the molecule is O=C(NCc1ccoc1)NC1C2CCC(C2)C1C(=O)O. The van der Waals surface area contributed by atoms with Crippen molar-refractivity contribution in [1.82, 2.24) is 10.6 Å². The van der Waals surface area contributed by atoms with Crippen molar-refractivity contribution in [2.24, 2.45) is 17.8 Å². The first-order valence-corrected chi connectivity index (χ1v) is 6.93. The molecule has 2 bridgehead atoms. The average Bonchev–Trinajstić information content (AvgIpc) is 3.12. The van der Waals surface area contributed by atoms with Gasteiger partial charge in [-0.15, -0.1) is 0 Å². The highest BCUT2D eigenvalue weighted by Gasteiger charge is 2.51. The zero-order valence-electron chi connectivity index (χ0n) is 11.0. The van der Waals surface area contributed by atoms with Gasteiger partial charge < -0.3 is 20.2 Å². The molecule has 0 radical (unpaired) electrons. The topological polar surface area (TPSA) is 91.6 Å². The molecule has 3 N–H and O–H groups in total. The Bertz CT molecular complexity index is 499. The van der Waals surface area contributed by atoms with E-state index in [0.717, 1.165) is 24.8 Å². The maximum atomic E-state index is 11.9. The van der Waals surface area contributed by atoms with E-state index in [1.807, 2.05) is 0 Å². The van der Waals surface area contributed by atoms with Crippen LogP contribution in [0.1, 0.15) is 24.8 Å². The second-order valence-electron chi connectivity index (χ2n) is 5.68. The van der Waals surface area contributed by atoms with E-state index in [1.165, 1.54) is 0 Å². The summed E-state index contributed by atoms with van der Waals surface area (Å²) >= 11 is 0. The van der Waals surface area contributed by atoms with Crippen molar-refractivity contribution >= 4 is 12.0 Å². The summed E-state index contributed by atoms with van der Waals surface area (Å²) in [4.78, 5) is 23.2. The van der Waals surface area contributed by atoms with E-state index >= 15 is 0 Å². The molecule has 0 aromatic carbocycles. The number of aliphatic carboxylic acids is 1. The minimum atomic E-state index is -0.794. The molecule has 4 atom stereocenters. The third-order valence-electron chi connectivity index (χ3n) is 4.53. The smallest absolute Gasteiger partial charge is 0.315 e. The van der Waals surface area contributed by atoms with Gasteiger partial charge in [-0.25, -0.2) is 4.79 Å². The normalized spacial score (nSPS) is 31.2. The lowest BCUT2D eigenvalue weighted by atomic mass is 9.84. The number of hydrogen-bond donors (Lipinski definition) is 3. The third-order valence-corrected chi connectivity index (χ3v) is 4.53. The number of hydrogen-bond acceptors (Lipinski definition) is 3. The molecular formula is C14H18N2O4. The second-order valence-corrected chi connectivity index (χ2v) is 5.68. The fourth-order valence-electron chi connectivity index (χ4n) is 3.63. The van der Waals surface area contributed by atoms with Crippen LogP contribution in [0, 0.1) is 17.8 Å². The number of fused-ring (bicyclic) bond motifs is 2. The molecule has 20 heavy (non-hydrogen) atoms. The van der Waals surface area contributed by atoms with Gasteiger partial charge in [0.25, 0.3) is 0 Å². The highest BCUT2D eigenvalue weighted by Crippen LogP contribution is 2.48. The number of amides is 2. The Morgan fingerprint density at radius 1 is 1.35 bits per heavy atom. The summed E-state index contributed by atoms with van der Waals surface area (Å²) in [5, 5.41) is 14.9. The zero-order valence-corrected chi connectivity index (χ0v) is 11.0. The van der Waals surface area contributed by atoms with Crippen LogP contribution in [0.15, 0.2) is 23.0 Å². The zero-order chi connectivity index (χ0) is 14.1. The van der Waals surface area contributed by atoms with Gasteiger partial charge in [-0.3, -0.25) is 4.79 Å².